The quantitative estimate of drug-likeness (QED) is 0.370. The maximum atomic E-state index is 12.6. The van der Waals surface area contributed by atoms with Gasteiger partial charge >= 0.3 is 21.6 Å². The molecule has 152 valence electrons. The van der Waals surface area contributed by atoms with Gasteiger partial charge in [0.25, 0.3) is 0 Å². The minimum Gasteiger partial charge on any atom is -0.489 e. The molecule has 0 saturated carbocycles. The summed E-state index contributed by atoms with van der Waals surface area (Å²) >= 11 is 0. The molecule has 28 heavy (non-hydrogen) atoms. The maximum Gasteiger partial charge on any atom is 0.534 e. The molecule has 0 radical (unpaired) electrons. The van der Waals surface area contributed by atoms with Crippen molar-refractivity contribution in [1.82, 2.24) is 0 Å². The summed E-state index contributed by atoms with van der Waals surface area (Å²) in [6.45, 7) is 1.28. The number of carbonyl (C=O) groups excluding carboxylic acids is 1. The van der Waals surface area contributed by atoms with Gasteiger partial charge in [-0.05, 0) is 23.3 Å². The monoisotopic (exact) mass is 418 g/mol. The highest BCUT2D eigenvalue weighted by atomic mass is 32.2. The van der Waals surface area contributed by atoms with Crippen molar-refractivity contribution in [1.29, 1.82) is 0 Å². The normalized spacial score (nSPS) is 11.7. The first-order valence-electron chi connectivity index (χ1n) is 8.01. The predicted molar refractivity (Wildman–Crippen MR) is 93.2 cm³/mol. The molecule has 0 atom stereocenters. The lowest BCUT2D eigenvalue weighted by Crippen LogP contribution is -2.28. The van der Waals surface area contributed by atoms with Crippen LogP contribution in [0.15, 0.2) is 48.5 Å². The van der Waals surface area contributed by atoms with Crippen LogP contribution in [-0.4, -0.2) is 26.5 Å². The Balaban J connectivity index is 2.23. The highest BCUT2D eigenvalue weighted by Gasteiger charge is 2.48. The van der Waals surface area contributed by atoms with Crippen LogP contribution >= 0.6 is 0 Å². The van der Waals surface area contributed by atoms with Gasteiger partial charge in [-0.3, -0.25) is 4.79 Å². The Morgan fingerprint density at radius 1 is 1.00 bits per heavy atom. The molecule has 0 spiro atoms. The Kier molecular flexibility index (Phi) is 6.90. The van der Waals surface area contributed by atoms with E-state index in [1.807, 2.05) is 6.07 Å². The number of hydrogen-bond acceptors (Lipinski definition) is 6. The number of ether oxygens (including phenoxy) is 2. The summed E-state index contributed by atoms with van der Waals surface area (Å²) in [5, 5.41) is 0. The number of carbonyl (C=O) groups is 1. The zero-order valence-electron chi connectivity index (χ0n) is 14.7. The van der Waals surface area contributed by atoms with Crippen molar-refractivity contribution in [2.45, 2.75) is 25.5 Å². The second-order valence-electron chi connectivity index (χ2n) is 5.66. The molecule has 0 aliphatic rings. The molecule has 2 rings (SSSR count). The van der Waals surface area contributed by atoms with E-state index >= 15 is 0 Å². The van der Waals surface area contributed by atoms with Crippen molar-refractivity contribution in [2.75, 3.05) is 6.61 Å². The topological polar surface area (TPSA) is 78.9 Å². The van der Waals surface area contributed by atoms with Crippen LogP contribution in [-0.2, 0) is 32.7 Å². The molecule has 0 aliphatic carbocycles. The van der Waals surface area contributed by atoms with Gasteiger partial charge < -0.3 is 13.7 Å². The highest BCUT2D eigenvalue weighted by Crippen LogP contribution is 2.30. The first-order chi connectivity index (χ1) is 13.1. The minimum absolute atomic E-state index is 0.0388. The SMILES string of the molecule is CC(=O)OCCc1cc(OCc2ccccc2)cc(OS(=O)(=O)C(F)(F)F)c1. The maximum absolute atomic E-state index is 12.6. The fourth-order valence-corrected chi connectivity index (χ4v) is 2.58. The number of hydrogen-bond donors (Lipinski definition) is 0. The third-order valence-electron chi connectivity index (χ3n) is 3.37. The Morgan fingerprint density at radius 3 is 2.25 bits per heavy atom. The van der Waals surface area contributed by atoms with Gasteiger partial charge in [0.1, 0.15) is 18.1 Å². The van der Waals surface area contributed by atoms with Crippen LogP contribution in [0.5, 0.6) is 11.5 Å². The van der Waals surface area contributed by atoms with Crippen LogP contribution in [0.3, 0.4) is 0 Å². The van der Waals surface area contributed by atoms with Crippen LogP contribution in [0.25, 0.3) is 0 Å². The number of esters is 1. The molecule has 0 saturated heterocycles. The van der Waals surface area contributed by atoms with Gasteiger partial charge in [0.2, 0.25) is 0 Å². The summed E-state index contributed by atoms with van der Waals surface area (Å²) in [5.74, 6) is -0.968. The Morgan fingerprint density at radius 2 is 1.64 bits per heavy atom. The van der Waals surface area contributed by atoms with E-state index < -0.39 is 27.3 Å². The third-order valence-corrected chi connectivity index (χ3v) is 4.35. The minimum atomic E-state index is -5.83. The van der Waals surface area contributed by atoms with E-state index in [4.69, 9.17) is 9.47 Å². The molecular formula is C18H17F3O6S. The predicted octanol–water partition coefficient (Wildman–Crippen LogP) is 3.60. The Labute approximate surface area is 160 Å². The van der Waals surface area contributed by atoms with Gasteiger partial charge in [-0.15, -0.1) is 0 Å². The van der Waals surface area contributed by atoms with Gasteiger partial charge in [-0.1, -0.05) is 30.3 Å². The zero-order valence-corrected chi connectivity index (χ0v) is 15.5. The molecule has 0 bridgehead atoms. The molecule has 0 fully saturated rings. The standard InChI is InChI=1S/C18H17F3O6S/c1-13(22)25-8-7-15-9-16(26-12-14-5-3-2-4-6-14)11-17(10-15)27-28(23,24)18(19,20)21/h2-6,9-11H,7-8,12H2,1H3. The Bertz CT molecular complexity index is 911. The lowest BCUT2D eigenvalue weighted by molar-refractivity contribution is -0.140. The summed E-state index contributed by atoms with van der Waals surface area (Å²) in [6, 6.07) is 12.6. The molecule has 0 heterocycles. The van der Waals surface area contributed by atoms with Crippen molar-refractivity contribution in [3.05, 3.63) is 59.7 Å². The van der Waals surface area contributed by atoms with E-state index in [0.717, 1.165) is 17.7 Å². The molecular weight excluding hydrogens is 401 g/mol. The molecule has 10 heteroatoms. The number of halogens is 3. The average Bonchev–Trinajstić information content (AvgIpc) is 2.59. The fourth-order valence-electron chi connectivity index (χ4n) is 2.13. The van der Waals surface area contributed by atoms with E-state index in [1.54, 1.807) is 24.3 Å². The summed E-state index contributed by atoms with van der Waals surface area (Å²) in [6.07, 6.45) is 0.130. The van der Waals surface area contributed by atoms with Gasteiger partial charge in [-0.2, -0.15) is 21.6 Å². The zero-order chi connectivity index (χ0) is 20.8. The largest absolute Gasteiger partial charge is 0.534 e. The van der Waals surface area contributed by atoms with E-state index in [2.05, 4.69) is 4.18 Å². The van der Waals surface area contributed by atoms with Crippen LogP contribution in [0.2, 0.25) is 0 Å². The second kappa shape index (κ2) is 8.96. The molecule has 0 aliphatic heterocycles. The number of benzene rings is 2. The fraction of sp³-hybridized carbons (Fsp3) is 0.278. The van der Waals surface area contributed by atoms with E-state index in [-0.39, 0.29) is 25.4 Å². The van der Waals surface area contributed by atoms with Gasteiger partial charge in [0, 0.05) is 19.4 Å². The lowest BCUT2D eigenvalue weighted by Gasteiger charge is -2.13. The molecule has 0 amide bonds. The summed E-state index contributed by atoms with van der Waals surface area (Å²) < 4.78 is 74.8. The molecule has 0 aromatic heterocycles. The van der Waals surface area contributed by atoms with Gasteiger partial charge in [0.05, 0.1) is 6.61 Å². The van der Waals surface area contributed by atoms with Crippen LogP contribution in [0, 0.1) is 0 Å². The number of rotatable bonds is 8. The molecule has 6 nitrogen and oxygen atoms in total. The first kappa shape index (κ1) is 21.5. The third kappa shape index (κ3) is 6.45. The van der Waals surface area contributed by atoms with Crippen LogP contribution < -0.4 is 8.92 Å². The summed E-state index contributed by atoms with van der Waals surface area (Å²) in [7, 11) is -5.83. The molecule has 2 aromatic rings. The van der Waals surface area contributed by atoms with Crippen LogP contribution in [0.4, 0.5) is 13.2 Å². The van der Waals surface area contributed by atoms with E-state index in [9.17, 15) is 26.4 Å². The average molecular weight is 418 g/mol. The lowest BCUT2D eigenvalue weighted by atomic mass is 10.1. The summed E-state index contributed by atoms with van der Waals surface area (Å²) in [5.41, 5.74) is -4.39. The second-order valence-corrected chi connectivity index (χ2v) is 7.20. The van der Waals surface area contributed by atoms with Gasteiger partial charge in [0.15, 0.2) is 0 Å². The summed E-state index contributed by atoms with van der Waals surface area (Å²) in [4.78, 5) is 10.8. The Hall–Kier alpha value is -2.75. The molecule has 0 N–H and O–H groups in total. The number of alkyl halides is 3. The first-order valence-corrected chi connectivity index (χ1v) is 9.42. The van der Waals surface area contributed by atoms with E-state index in [0.29, 0.717) is 5.56 Å². The van der Waals surface area contributed by atoms with E-state index in [1.165, 1.54) is 13.0 Å². The van der Waals surface area contributed by atoms with Gasteiger partial charge in [-0.25, -0.2) is 0 Å². The molecule has 0 unspecified atom stereocenters. The van der Waals surface area contributed by atoms with Crippen molar-refractivity contribution in [3.8, 4) is 11.5 Å². The van der Waals surface area contributed by atoms with Crippen molar-refractivity contribution >= 4 is 16.1 Å². The van der Waals surface area contributed by atoms with Crippen molar-refractivity contribution in [3.63, 3.8) is 0 Å². The smallest absolute Gasteiger partial charge is 0.489 e. The van der Waals surface area contributed by atoms with Crippen molar-refractivity contribution < 1.29 is 40.0 Å². The highest BCUT2D eigenvalue weighted by molar-refractivity contribution is 7.88. The van der Waals surface area contributed by atoms with Crippen LogP contribution in [0.1, 0.15) is 18.1 Å². The molecule has 2 aromatic carbocycles. The van der Waals surface area contributed by atoms with Crippen molar-refractivity contribution in [2.24, 2.45) is 0 Å².